The summed E-state index contributed by atoms with van der Waals surface area (Å²) in [6, 6.07) is 5.81. The maximum Gasteiger partial charge on any atom is 0.362 e. The first-order valence-corrected chi connectivity index (χ1v) is 4.88. The Labute approximate surface area is 92.9 Å². The van der Waals surface area contributed by atoms with Crippen LogP contribution in [0.1, 0.15) is 11.1 Å². The highest BCUT2D eigenvalue weighted by Gasteiger charge is 2.23. The largest absolute Gasteiger partial charge is 0.385 e. The van der Waals surface area contributed by atoms with Gasteiger partial charge in [0.2, 0.25) is 0 Å². The molecule has 4 heteroatoms. The normalized spacial score (nSPS) is 14.8. The number of carbonyl (C=O) groups is 2. The van der Waals surface area contributed by atoms with Gasteiger partial charge in [0.05, 0.1) is 6.08 Å². The standard InChI is InChI=1S/C12H11NO3/c1-7-3-8(2)5-9(4-7)13-10-6-11(14)16-12(10)15/h3-6,13H,1-2H3. The molecule has 0 amide bonds. The molecule has 82 valence electrons. The van der Waals surface area contributed by atoms with E-state index in [2.05, 4.69) is 10.1 Å². The Morgan fingerprint density at radius 2 is 1.69 bits per heavy atom. The van der Waals surface area contributed by atoms with Crippen LogP contribution >= 0.6 is 0 Å². The number of cyclic esters (lactones) is 2. The molecule has 0 radical (unpaired) electrons. The zero-order valence-electron chi connectivity index (χ0n) is 9.03. The summed E-state index contributed by atoms with van der Waals surface area (Å²) in [4.78, 5) is 22.0. The number of ether oxygens (including phenoxy) is 1. The van der Waals surface area contributed by atoms with Gasteiger partial charge in [0, 0.05) is 5.69 Å². The lowest BCUT2D eigenvalue weighted by Crippen LogP contribution is -2.08. The van der Waals surface area contributed by atoms with Gasteiger partial charge >= 0.3 is 11.9 Å². The molecule has 4 nitrogen and oxygen atoms in total. The van der Waals surface area contributed by atoms with Gasteiger partial charge in [-0.1, -0.05) is 6.07 Å². The number of carbonyl (C=O) groups excluding carboxylic acids is 2. The third-order valence-corrected chi connectivity index (χ3v) is 2.18. The molecular formula is C12H11NO3. The summed E-state index contributed by atoms with van der Waals surface area (Å²) in [5.41, 5.74) is 3.12. The molecule has 1 aromatic rings. The molecule has 2 rings (SSSR count). The fourth-order valence-corrected chi connectivity index (χ4v) is 1.64. The molecule has 0 atom stereocenters. The van der Waals surface area contributed by atoms with Crippen LogP contribution in [0.4, 0.5) is 5.69 Å². The van der Waals surface area contributed by atoms with Gasteiger partial charge in [0.15, 0.2) is 0 Å². The van der Waals surface area contributed by atoms with Crippen molar-refractivity contribution in [1.29, 1.82) is 0 Å². The van der Waals surface area contributed by atoms with Crippen molar-refractivity contribution in [1.82, 2.24) is 0 Å². The minimum Gasteiger partial charge on any atom is -0.385 e. The summed E-state index contributed by atoms with van der Waals surface area (Å²) >= 11 is 0. The average molecular weight is 217 g/mol. The summed E-state index contributed by atoms with van der Waals surface area (Å²) in [6.45, 7) is 3.93. The number of nitrogens with one attached hydrogen (secondary N) is 1. The summed E-state index contributed by atoms with van der Waals surface area (Å²) in [7, 11) is 0. The van der Waals surface area contributed by atoms with E-state index in [9.17, 15) is 9.59 Å². The second-order valence-electron chi connectivity index (χ2n) is 3.77. The molecule has 0 fully saturated rings. The van der Waals surface area contributed by atoms with Gasteiger partial charge in [-0.3, -0.25) is 0 Å². The van der Waals surface area contributed by atoms with E-state index < -0.39 is 11.9 Å². The monoisotopic (exact) mass is 217 g/mol. The van der Waals surface area contributed by atoms with Crippen molar-refractivity contribution in [3.05, 3.63) is 41.1 Å². The summed E-state index contributed by atoms with van der Waals surface area (Å²) in [5.74, 6) is -1.26. The van der Waals surface area contributed by atoms with E-state index in [1.54, 1.807) is 0 Å². The Kier molecular flexibility index (Phi) is 2.48. The Bertz CT molecular complexity index is 483. The number of aryl methyl sites for hydroxylation is 2. The lowest BCUT2D eigenvalue weighted by molar-refractivity contribution is -0.150. The summed E-state index contributed by atoms with van der Waals surface area (Å²) < 4.78 is 4.37. The van der Waals surface area contributed by atoms with Crippen LogP contribution in [0.3, 0.4) is 0 Å². The second-order valence-corrected chi connectivity index (χ2v) is 3.77. The molecule has 0 saturated carbocycles. The highest BCUT2D eigenvalue weighted by atomic mass is 16.6. The van der Waals surface area contributed by atoms with Gasteiger partial charge in [-0.05, 0) is 37.1 Å². The predicted octanol–water partition coefficient (Wildman–Crippen LogP) is 1.68. The topological polar surface area (TPSA) is 55.4 Å². The molecule has 16 heavy (non-hydrogen) atoms. The lowest BCUT2D eigenvalue weighted by atomic mass is 10.1. The van der Waals surface area contributed by atoms with Crippen molar-refractivity contribution >= 4 is 17.6 Å². The van der Waals surface area contributed by atoms with Gasteiger partial charge in [-0.2, -0.15) is 0 Å². The van der Waals surface area contributed by atoms with Crippen LogP contribution in [0.15, 0.2) is 30.0 Å². The summed E-state index contributed by atoms with van der Waals surface area (Å²) in [5, 5.41) is 2.87. The Balaban J connectivity index is 2.24. The predicted molar refractivity (Wildman–Crippen MR) is 58.7 cm³/mol. The third-order valence-electron chi connectivity index (χ3n) is 2.18. The van der Waals surface area contributed by atoms with Crippen molar-refractivity contribution in [2.75, 3.05) is 5.32 Å². The Hall–Kier alpha value is -2.10. The molecule has 0 saturated heterocycles. The molecular weight excluding hydrogens is 206 g/mol. The number of esters is 2. The van der Waals surface area contributed by atoms with Gasteiger partial charge in [0.1, 0.15) is 5.70 Å². The molecule has 1 aliphatic rings. The number of rotatable bonds is 2. The molecule has 1 aromatic carbocycles. The minimum atomic E-state index is -0.635. The molecule has 0 unspecified atom stereocenters. The zero-order valence-corrected chi connectivity index (χ0v) is 9.03. The molecule has 1 aliphatic heterocycles. The van der Waals surface area contributed by atoms with Crippen molar-refractivity contribution in [3.63, 3.8) is 0 Å². The number of benzene rings is 1. The first kappa shape index (κ1) is 10.4. The minimum absolute atomic E-state index is 0.176. The van der Waals surface area contributed by atoms with E-state index in [0.717, 1.165) is 22.9 Å². The van der Waals surface area contributed by atoms with E-state index >= 15 is 0 Å². The van der Waals surface area contributed by atoms with E-state index in [1.807, 2.05) is 32.0 Å². The van der Waals surface area contributed by atoms with Crippen LogP contribution < -0.4 is 5.32 Å². The van der Waals surface area contributed by atoms with E-state index in [4.69, 9.17) is 0 Å². The maximum absolute atomic E-state index is 11.2. The van der Waals surface area contributed by atoms with E-state index in [0.29, 0.717) is 0 Å². The third kappa shape index (κ3) is 2.11. The molecule has 0 aliphatic carbocycles. The highest BCUT2D eigenvalue weighted by Crippen LogP contribution is 2.18. The quantitative estimate of drug-likeness (QED) is 0.605. The van der Waals surface area contributed by atoms with Crippen LogP contribution in [-0.2, 0) is 14.3 Å². The fourth-order valence-electron chi connectivity index (χ4n) is 1.64. The van der Waals surface area contributed by atoms with Gasteiger partial charge in [-0.25, -0.2) is 9.59 Å². The molecule has 0 aromatic heterocycles. The van der Waals surface area contributed by atoms with Crippen molar-refractivity contribution in [3.8, 4) is 0 Å². The number of hydrogen-bond donors (Lipinski definition) is 1. The van der Waals surface area contributed by atoms with Crippen molar-refractivity contribution < 1.29 is 14.3 Å². The molecule has 1 heterocycles. The van der Waals surface area contributed by atoms with Crippen LogP contribution in [0.2, 0.25) is 0 Å². The highest BCUT2D eigenvalue weighted by molar-refractivity contribution is 6.10. The number of anilines is 1. The van der Waals surface area contributed by atoms with Crippen molar-refractivity contribution in [2.45, 2.75) is 13.8 Å². The van der Waals surface area contributed by atoms with E-state index in [-0.39, 0.29) is 5.70 Å². The SMILES string of the molecule is Cc1cc(C)cc(NC2=CC(=O)OC2=O)c1. The lowest BCUT2D eigenvalue weighted by Gasteiger charge is -2.06. The molecule has 0 spiro atoms. The first-order valence-electron chi connectivity index (χ1n) is 4.88. The zero-order chi connectivity index (χ0) is 11.7. The summed E-state index contributed by atoms with van der Waals surface area (Å²) in [6.07, 6.45) is 1.15. The van der Waals surface area contributed by atoms with Crippen LogP contribution in [-0.4, -0.2) is 11.9 Å². The van der Waals surface area contributed by atoms with Crippen LogP contribution in [0.5, 0.6) is 0 Å². The Morgan fingerprint density at radius 3 is 2.19 bits per heavy atom. The molecule has 1 N–H and O–H groups in total. The smallest absolute Gasteiger partial charge is 0.362 e. The Morgan fingerprint density at radius 1 is 1.06 bits per heavy atom. The van der Waals surface area contributed by atoms with Crippen molar-refractivity contribution in [2.24, 2.45) is 0 Å². The van der Waals surface area contributed by atoms with E-state index in [1.165, 1.54) is 0 Å². The first-order chi connectivity index (χ1) is 7.54. The molecule has 0 bridgehead atoms. The van der Waals surface area contributed by atoms with Gasteiger partial charge < -0.3 is 10.1 Å². The van der Waals surface area contributed by atoms with Gasteiger partial charge in [0.25, 0.3) is 0 Å². The maximum atomic E-state index is 11.2. The van der Waals surface area contributed by atoms with Crippen LogP contribution in [0, 0.1) is 13.8 Å². The average Bonchev–Trinajstić information content (AvgIpc) is 2.43. The fraction of sp³-hybridized carbons (Fsp3) is 0.167. The second kappa shape index (κ2) is 3.81. The van der Waals surface area contributed by atoms with Gasteiger partial charge in [-0.15, -0.1) is 0 Å². The number of hydrogen-bond acceptors (Lipinski definition) is 4. The van der Waals surface area contributed by atoms with Crippen LogP contribution in [0.25, 0.3) is 0 Å².